The van der Waals surface area contributed by atoms with Crippen molar-refractivity contribution in [3.63, 3.8) is 0 Å². The lowest BCUT2D eigenvalue weighted by Gasteiger charge is -2.55. The molecule has 0 bridgehead atoms. The SMILES string of the molecule is C#CC1(NC(=O)c2nc3ccccc3[nH]2)CC2(CCOCC2)C1. The highest BCUT2D eigenvalue weighted by Crippen LogP contribution is 2.54. The van der Waals surface area contributed by atoms with Crippen molar-refractivity contribution in [2.45, 2.75) is 31.2 Å². The number of amides is 1. The van der Waals surface area contributed by atoms with Gasteiger partial charge >= 0.3 is 0 Å². The fraction of sp³-hybridized carbons (Fsp3) is 0.444. The first-order chi connectivity index (χ1) is 11.1. The second-order valence-corrected chi connectivity index (χ2v) is 6.75. The molecule has 5 heteroatoms. The molecule has 1 aromatic carbocycles. The number of para-hydroxylation sites is 2. The topological polar surface area (TPSA) is 67.0 Å². The third-order valence-electron chi connectivity index (χ3n) is 5.14. The Bertz CT molecular complexity index is 755. The molecule has 0 radical (unpaired) electrons. The Hall–Kier alpha value is -2.32. The van der Waals surface area contributed by atoms with E-state index in [4.69, 9.17) is 11.2 Å². The van der Waals surface area contributed by atoms with Gasteiger partial charge in [-0.3, -0.25) is 4.79 Å². The molecule has 2 N–H and O–H groups in total. The minimum atomic E-state index is -0.548. The van der Waals surface area contributed by atoms with Gasteiger partial charge in [0.15, 0.2) is 5.82 Å². The third kappa shape index (κ3) is 2.40. The van der Waals surface area contributed by atoms with E-state index in [0.29, 0.717) is 5.82 Å². The van der Waals surface area contributed by atoms with Crippen LogP contribution in [0, 0.1) is 17.8 Å². The summed E-state index contributed by atoms with van der Waals surface area (Å²) in [5.41, 5.74) is 1.32. The Balaban J connectivity index is 1.50. The fourth-order valence-corrected chi connectivity index (χ4v) is 3.95. The van der Waals surface area contributed by atoms with Gasteiger partial charge in [0.2, 0.25) is 0 Å². The number of ether oxygens (including phenoxy) is 1. The summed E-state index contributed by atoms with van der Waals surface area (Å²) in [5.74, 6) is 2.89. The maximum atomic E-state index is 12.5. The number of benzene rings is 1. The number of aromatic nitrogens is 2. The van der Waals surface area contributed by atoms with E-state index in [1.807, 2.05) is 24.3 Å². The van der Waals surface area contributed by atoms with Crippen LogP contribution < -0.4 is 5.32 Å². The molecule has 1 aliphatic carbocycles. The average Bonchev–Trinajstić information content (AvgIpc) is 2.98. The number of aromatic amines is 1. The summed E-state index contributed by atoms with van der Waals surface area (Å²) in [5, 5.41) is 3.02. The van der Waals surface area contributed by atoms with Crippen LogP contribution in [0.2, 0.25) is 0 Å². The lowest BCUT2D eigenvalue weighted by molar-refractivity contribution is -0.0615. The summed E-state index contributed by atoms with van der Waals surface area (Å²) in [7, 11) is 0. The third-order valence-corrected chi connectivity index (χ3v) is 5.14. The standard InChI is InChI=1S/C18H19N3O2/c1-2-18(11-17(12-18)7-9-23-10-8-17)21-16(22)15-19-13-5-3-4-6-14(13)20-15/h1,3-6H,7-12H2,(H,19,20)(H,21,22). The molecule has 1 saturated heterocycles. The molecule has 1 amide bonds. The number of terminal acetylenes is 1. The first-order valence-electron chi connectivity index (χ1n) is 7.97. The average molecular weight is 309 g/mol. The van der Waals surface area contributed by atoms with Crippen LogP contribution in [0.15, 0.2) is 24.3 Å². The van der Waals surface area contributed by atoms with Crippen LogP contribution in [0.5, 0.6) is 0 Å². The molecule has 1 spiro atoms. The van der Waals surface area contributed by atoms with E-state index in [9.17, 15) is 4.79 Å². The van der Waals surface area contributed by atoms with Gasteiger partial charge in [-0.1, -0.05) is 18.1 Å². The zero-order valence-electron chi connectivity index (χ0n) is 12.9. The van der Waals surface area contributed by atoms with Crippen LogP contribution in [0.25, 0.3) is 11.0 Å². The van der Waals surface area contributed by atoms with Gasteiger partial charge in [-0.15, -0.1) is 6.42 Å². The molecule has 2 aromatic rings. The van der Waals surface area contributed by atoms with Gasteiger partial charge in [0, 0.05) is 13.2 Å². The molecule has 2 aliphatic rings. The van der Waals surface area contributed by atoms with E-state index >= 15 is 0 Å². The minimum absolute atomic E-state index is 0.235. The number of hydrogen-bond donors (Lipinski definition) is 2. The molecule has 23 heavy (non-hydrogen) atoms. The predicted octanol–water partition coefficient (Wildman–Crippen LogP) is 2.26. The maximum Gasteiger partial charge on any atom is 0.288 e. The van der Waals surface area contributed by atoms with Crippen molar-refractivity contribution in [1.82, 2.24) is 15.3 Å². The van der Waals surface area contributed by atoms with Crippen LogP contribution in [0.1, 0.15) is 36.3 Å². The molecule has 0 unspecified atom stereocenters. The number of hydrogen-bond acceptors (Lipinski definition) is 3. The second kappa shape index (κ2) is 5.10. The predicted molar refractivity (Wildman–Crippen MR) is 86.8 cm³/mol. The van der Waals surface area contributed by atoms with Gasteiger partial charge in [-0.25, -0.2) is 4.98 Å². The Morgan fingerprint density at radius 1 is 1.30 bits per heavy atom. The van der Waals surface area contributed by atoms with Gasteiger partial charge in [0.1, 0.15) is 5.54 Å². The first kappa shape index (κ1) is 14.3. The summed E-state index contributed by atoms with van der Waals surface area (Å²) in [4.78, 5) is 19.9. The van der Waals surface area contributed by atoms with Crippen LogP contribution in [0.3, 0.4) is 0 Å². The van der Waals surface area contributed by atoms with E-state index in [2.05, 4.69) is 21.2 Å². The minimum Gasteiger partial charge on any atom is -0.381 e. The van der Waals surface area contributed by atoms with Crippen LogP contribution in [-0.4, -0.2) is 34.6 Å². The molecule has 0 atom stereocenters. The van der Waals surface area contributed by atoms with Crippen molar-refractivity contribution in [2.24, 2.45) is 5.41 Å². The molecular weight excluding hydrogens is 290 g/mol. The van der Waals surface area contributed by atoms with Crippen LogP contribution in [-0.2, 0) is 4.74 Å². The lowest BCUT2D eigenvalue weighted by atomic mass is 9.54. The monoisotopic (exact) mass is 309 g/mol. The number of fused-ring (bicyclic) bond motifs is 1. The highest BCUT2D eigenvalue weighted by atomic mass is 16.5. The van der Waals surface area contributed by atoms with Crippen molar-refractivity contribution in [2.75, 3.05) is 13.2 Å². The molecule has 4 rings (SSSR count). The van der Waals surface area contributed by atoms with Crippen molar-refractivity contribution < 1.29 is 9.53 Å². The summed E-state index contributed by atoms with van der Waals surface area (Å²) in [6.07, 6.45) is 9.43. The van der Waals surface area contributed by atoms with Crippen LogP contribution >= 0.6 is 0 Å². The molecule has 1 saturated carbocycles. The van der Waals surface area contributed by atoms with Crippen molar-refractivity contribution >= 4 is 16.9 Å². The van der Waals surface area contributed by atoms with Crippen molar-refractivity contribution in [1.29, 1.82) is 0 Å². The molecule has 118 valence electrons. The zero-order chi connectivity index (χ0) is 15.9. The zero-order valence-corrected chi connectivity index (χ0v) is 12.9. The highest BCUT2D eigenvalue weighted by Gasteiger charge is 2.54. The van der Waals surface area contributed by atoms with Crippen LogP contribution in [0.4, 0.5) is 0 Å². The molecule has 2 fully saturated rings. The van der Waals surface area contributed by atoms with Gasteiger partial charge in [-0.2, -0.15) is 0 Å². The lowest BCUT2D eigenvalue weighted by Crippen LogP contribution is -2.62. The quantitative estimate of drug-likeness (QED) is 0.836. The molecule has 1 aliphatic heterocycles. The molecule has 2 heterocycles. The molecule has 5 nitrogen and oxygen atoms in total. The first-order valence-corrected chi connectivity index (χ1v) is 7.97. The number of imidazole rings is 1. The van der Waals surface area contributed by atoms with Gasteiger partial charge in [0.05, 0.1) is 11.0 Å². The number of carbonyl (C=O) groups excluding carboxylic acids is 1. The second-order valence-electron chi connectivity index (χ2n) is 6.75. The van der Waals surface area contributed by atoms with E-state index in [0.717, 1.165) is 49.9 Å². The van der Waals surface area contributed by atoms with Gasteiger partial charge in [0.25, 0.3) is 5.91 Å². The van der Waals surface area contributed by atoms with E-state index < -0.39 is 5.54 Å². The number of nitrogens with one attached hydrogen (secondary N) is 2. The van der Waals surface area contributed by atoms with E-state index in [1.54, 1.807) is 0 Å². The summed E-state index contributed by atoms with van der Waals surface area (Å²) < 4.78 is 5.43. The smallest absolute Gasteiger partial charge is 0.288 e. The fourth-order valence-electron chi connectivity index (χ4n) is 3.95. The molecule has 1 aromatic heterocycles. The number of rotatable bonds is 2. The van der Waals surface area contributed by atoms with E-state index in [-0.39, 0.29) is 11.3 Å². The Morgan fingerprint density at radius 2 is 2.04 bits per heavy atom. The highest BCUT2D eigenvalue weighted by molar-refractivity contribution is 5.95. The number of nitrogens with zero attached hydrogens (tertiary/aromatic N) is 1. The Labute approximate surface area is 134 Å². The molecular formula is C18H19N3O2. The van der Waals surface area contributed by atoms with Gasteiger partial charge in [-0.05, 0) is 43.2 Å². The Kier molecular flexibility index (Phi) is 3.17. The van der Waals surface area contributed by atoms with Crippen molar-refractivity contribution in [3.8, 4) is 12.3 Å². The summed E-state index contributed by atoms with van der Waals surface area (Å²) >= 11 is 0. The van der Waals surface area contributed by atoms with E-state index in [1.165, 1.54) is 0 Å². The normalized spacial score (nSPS) is 21.5. The van der Waals surface area contributed by atoms with Crippen molar-refractivity contribution in [3.05, 3.63) is 30.1 Å². The maximum absolute atomic E-state index is 12.5. The largest absolute Gasteiger partial charge is 0.381 e. The van der Waals surface area contributed by atoms with Gasteiger partial charge < -0.3 is 15.0 Å². The summed E-state index contributed by atoms with van der Waals surface area (Å²) in [6, 6.07) is 7.58. The summed E-state index contributed by atoms with van der Waals surface area (Å²) in [6.45, 7) is 1.58. The number of H-pyrrole nitrogens is 1. The Morgan fingerprint density at radius 3 is 2.74 bits per heavy atom. The number of carbonyl (C=O) groups is 1.